The summed E-state index contributed by atoms with van der Waals surface area (Å²) in [5.74, 6) is 0.661. The molecule has 0 radical (unpaired) electrons. The Labute approximate surface area is 122 Å². The maximum absolute atomic E-state index is 13.4. The van der Waals surface area contributed by atoms with E-state index in [1.54, 1.807) is 6.07 Å². The summed E-state index contributed by atoms with van der Waals surface area (Å²) >= 11 is 0. The SMILES string of the molecule is CCCNc1cc(-c2cc(F)cc(F)c2)nc(C2CC2)n1. The minimum atomic E-state index is -0.598. The van der Waals surface area contributed by atoms with Gasteiger partial charge in [0.25, 0.3) is 0 Å². The summed E-state index contributed by atoms with van der Waals surface area (Å²) in [6.07, 6.45) is 3.13. The molecule has 2 aromatic rings. The highest BCUT2D eigenvalue weighted by atomic mass is 19.1. The normalized spacial score (nSPS) is 14.2. The van der Waals surface area contributed by atoms with Crippen LogP contribution in [0.25, 0.3) is 11.3 Å². The van der Waals surface area contributed by atoms with Gasteiger partial charge in [0, 0.05) is 30.2 Å². The van der Waals surface area contributed by atoms with E-state index in [1.165, 1.54) is 12.1 Å². The Balaban J connectivity index is 2.01. The molecular weight excluding hydrogens is 272 g/mol. The van der Waals surface area contributed by atoms with E-state index in [0.717, 1.165) is 37.7 Å². The number of anilines is 1. The second kappa shape index (κ2) is 5.76. The third-order valence-electron chi connectivity index (χ3n) is 3.40. The van der Waals surface area contributed by atoms with Crippen molar-refractivity contribution in [2.45, 2.75) is 32.1 Å². The van der Waals surface area contributed by atoms with Crippen LogP contribution >= 0.6 is 0 Å². The van der Waals surface area contributed by atoms with Crippen molar-refractivity contribution in [1.29, 1.82) is 0 Å². The van der Waals surface area contributed by atoms with Crippen LogP contribution in [0.15, 0.2) is 24.3 Å². The van der Waals surface area contributed by atoms with Gasteiger partial charge in [-0.3, -0.25) is 0 Å². The smallest absolute Gasteiger partial charge is 0.134 e. The largest absolute Gasteiger partial charge is 0.370 e. The highest BCUT2D eigenvalue weighted by Gasteiger charge is 2.27. The monoisotopic (exact) mass is 289 g/mol. The number of rotatable bonds is 5. The summed E-state index contributed by atoms with van der Waals surface area (Å²) in [4.78, 5) is 8.97. The fourth-order valence-corrected chi connectivity index (χ4v) is 2.18. The third kappa shape index (κ3) is 3.35. The first kappa shape index (κ1) is 13.9. The molecule has 1 aromatic carbocycles. The van der Waals surface area contributed by atoms with E-state index in [-0.39, 0.29) is 0 Å². The highest BCUT2D eigenvalue weighted by molar-refractivity contribution is 5.63. The number of nitrogens with zero attached hydrogens (tertiary/aromatic N) is 2. The molecule has 21 heavy (non-hydrogen) atoms. The summed E-state index contributed by atoms with van der Waals surface area (Å²) in [5.41, 5.74) is 1.00. The summed E-state index contributed by atoms with van der Waals surface area (Å²) < 4.78 is 26.8. The quantitative estimate of drug-likeness (QED) is 0.899. The van der Waals surface area contributed by atoms with Crippen molar-refractivity contribution in [2.24, 2.45) is 0 Å². The van der Waals surface area contributed by atoms with Crippen LogP contribution in [-0.4, -0.2) is 16.5 Å². The molecule has 0 saturated heterocycles. The maximum atomic E-state index is 13.4. The average molecular weight is 289 g/mol. The molecule has 1 aliphatic carbocycles. The lowest BCUT2D eigenvalue weighted by Gasteiger charge is -2.09. The topological polar surface area (TPSA) is 37.8 Å². The van der Waals surface area contributed by atoms with Gasteiger partial charge >= 0.3 is 0 Å². The van der Waals surface area contributed by atoms with Crippen molar-refractivity contribution in [1.82, 2.24) is 9.97 Å². The Morgan fingerprint density at radius 1 is 1.10 bits per heavy atom. The highest BCUT2D eigenvalue weighted by Crippen LogP contribution is 2.39. The Morgan fingerprint density at radius 3 is 2.43 bits per heavy atom. The Kier molecular flexibility index (Phi) is 3.82. The van der Waals surface area contributed by atoms with Crippen molar-refractivity contribution in [3.63, 3.8) is 0 Å². The third-order valence-corrected chi connectivity index (χ3v) is 3.40. The summed E-state index contributed by atoms with van der Waals surface area (Å²) in [6, 6.07) is 5.20. The maximum Gasteiger partial charge on any atom is 0.134 e. The number of nitrogens with one attached hydrogen (secondary N) is 1. The number of hydrogen-bond donors (Lipinski definition) is 1. The molecular formula is C16H17F2N3. The Morgan fingerprint density at radius 2 is 1.81 bits per heavy atom. The van der Waals surface area contributed by atoms with Crippen molar-refractivity contribution in [3.05, 3.63) is 41.7 Å². The van der Waals surface area contributed by atoms with Gasteiger partial charge in [-0.25, -0.2) is 18.7 Å². The van der Waals surface area contributed by atoms with Gasteiger partial charge in [0.2, 0.25) is 0 Å². The van der Waals surface area contributed by atoms with Crippen molar-refractivity contribution >= 4 is 5.82 Å². The zero-order chi connectivity index (χ0) is 14.8. The van der Waals surface area contributed by atoms with Crippen LogP contribution in [0.1, 0.15) is 37.9 Å². The molecule has 110 valence electrons. The van der Waals surface area contributed by atoms with E-state index >= 15 is 0 Å². The Bertz CT molecular complexity index is 634. The van der Waals surface area contributed by atoms with Crippen LogP contribution in [0.4, 0.5) is 14.6 Å². The molecule has 5 heteroatoms. The predicted octanol–water partition coefficient (Wildman–Crippen LogP) is 4.12. The molecule has 3 nitrogen and oxygen atoms in total. The molecule has 0 atom stereocenters. The van der Waals surface area contributed by atoms with Crippen LogP contribution < -0.4 is 5.32 Å². The fourth-order valence-electron chi connectivity index (χ4n) is 2.18. The lowest BCUT2D eigenvalue weighted by Crippen LogP contribution is -2.05. The molecule has 0 amide bonds. The number of aromatic nitrogens is 2. The van der Waals surface area contributed by atoms with Crippen LogP contribution in [0.2, 0.25) is 0 Å². The van der Waals surface area contributed by atoms with Gasteiger partial charge in [-0.2, -0.15) is 0 Å². The van der Waals surface area contributed by atoms with Crippen molar-refractivity contribution in [3.8, 4) is 11.3 Å². The molecule has 3 rings (SSSR count). The molecule has 1 heterocycles. The van der Waals surface area contributed by atoms with Crippen LogP contribution in [0.3, 0.4) is 0 Å². The van der Waals surface area contributed by atoms with Gasteiger partial charge in [0.1, 0.15) is 23.3 Å². The van der Waals surface area contributed by atoms with Gasteiger partial charge in [0.15, 0.2) is 0 Å². The minimum Gasteiger partial charge on any atom is -0.370 e. The standard InChI is InChI=1S/C16H17F2N3/c1-2-5-19-15-9-14(20-16(21-15)10-3-4-10)11-6-12(17)8-13(18)7-11/h6-10H,2-5H2,1H3,(H,19,20,21). The zero-order valence-corrected chi connectivity index (χ0v) is 11.9. The predicted molar refractivity (Wildman–Crippen MR) is 78.1 cm³/mol. The second-order valence-corrected chi connectivity index (χ2v) is 5.36. The molecule has 0 bridgehead atoms. The first-order chi connectivity index (χ1) is 10.2. The van der Waals surface area contributed by atoms with Gasteiger partial charge < -0.3 is 5.32 Å². The van der Waals surface area contributed by atoms with E-state index in [4.69, 9.17) is 0 Å². The lowest BCUT2D eigenvalue weighted by atomic mass is 10.1. The number of hydrogen-bond acceptors (Lipinski definition) is 3. The molecule has 1 aromatic heterocycles. The van der Waals surface area contributed by atoms with Crippen molar-refractivity contribution < 1.29 is 8.78 Å². The number of benzene rings is 1. The van der Waals surface area contributed by atoms with Gasteiger partial charge in [0.05, 0.1) is 5.69 Å². The first-order valence-corrected chi connectivity index (χ1v) is 7.25. The molecule has 0 spiro atoms. The molecule has 1 aliphatic rings. The van der Waals surface area contributed by atoms with Gasteiger partial charge in [-0.05, 0) is 31.4 Å². The average Bonchev–Trinajstić information content (AvgIpc) is 3.28. The van der Waals surface area contributed by atoms with Gasteiger partial charge in [-0.1, -0.05) is 6.92 Å². The van der Waals surface area contributed by atoms with Crippen LogP contribution in [0, 0.1) is 11.6 Å². The summed E-state index contributed by atoms with van der Waals surface area (Å²) in [6.45, 7) is 2.87. The van der Waals surface area contributed by atoms with Crippen molar-refractivity contribution in [2.75, 3.05) is 11.9 Å². The second-order valence-electron chi connectivity index (χ2n) is 5.36. The van der Waals surface area contributed by atoms with Crippen LogP contribution in [0.5, 0.6) is 0 Å². The number of halogens is 2. The van der Waals surface area contributed by atoms with E-state index in [9.17, 15) is 8.78 Å². The Hall–Kier alpha value is -2.04. The lowest BCUT2D eigenvalue weighted by molar-refractivity contribution is 0.584. The minimum absolute atomic E-state index is 0.380. The summed E-state index contributed by atoms with van der Waals surface area (Å²) in [7, 11) is 0. The van der Waals surface area contributed by atoms with Gasteiger partial charge in [-0.15, -0.1) is 0 Å². The zero-order valence-electron chi connectivity index (χ0n) is 11.9. The molecule has 1 fully saturated rings. The van der Waals surface area contributed by atoms with E-state index in [0.29, 0.717) is 23.0 Å². The molecule has 0 aliphatic heterocycles. The van der Waals surface area contributed by atoms with E-state index in [2.05, 4.69) is 22.2 Å². The van der Waals surface area contributed by atoms with Crippen LogP contribution in [-0.2, 0) is 0 Å². The summed E-state index contributed by atoms with van der Waals surface area (Å²) in [5, 5.41) is 3.22. The molecule has 0 unspecified atom stereocenters. The van der Waals surface area contributed by atoms with E-state index < -0.39 is 11.6 Å². The molecule has 1 N–H and O–H groups in total. The van der Waals surface area contributed by atoms with E-state index in [1.807, 2.05) is 0 Å². The fraction of sp³-hybridized carbons (Fsp3) is 0.375. The molecule has 1 saturated carbocycles. The first-order valence-electron chi connectivity index (χ1n) is 7.25.